The molecule has 0 radical (unpaired) electrons. The third kappa shape index (κ3) is 4.02. The zero-order valence-electron chi connectivity index (χ0n) is 10.6. The summed E-state index contributed by atoms with van der Waals surface area (Å²) < 4.78 is 27.0. The zero-order chi connectivity index (χ0) is 15.6. The molecule has 4 nitrogen and oxygen atoms in total. The zero-order valence-corrected chi connectivity index (χ0v) is 13.7. The SMILES string of the molecule is Nc1cccc(CNS(=O)(=O)c2c(Cl)cc(Cl)cc2Cl)c1. The van der Waals surface area contributed by atoms with Crippen molar-refractivity contribution >= 4 is 50.5 Å². The summed E-state index contributed by atoms with van der Waals surface area (Å²) in [6.07, 6.45) is 0. The number of nitrogen functional groups attached to an aromatic ring is 1. The van der Waals surface area contributed by atoms with Crippen LogP contribution >= 0.6 is 34.8 Å². The molecule has 3 N–H and O–H groups in total. The van der Waals surface area contributed by atoms with E-state index in [1.807, 2.05) is 0 Å². The van der Waals surface area contributed by atoms with Crippen LogP contribution < -0.4 is 10.5 Å². The maximum absolute atomic E-state index is 12.3. The highest BCUT2D eigenvalue weighted by Crippen LogP contribution is 2.32. The van der Waals surface area contributed by atoms with Crippen molar-refractivity contribution in [3.8, 4) is 0 Å². The van der Waals surface area contributed by atoms with Crippen LogP contribution in [0.15, 0.2) is 41.3 Å². The van der Waals surface area contributed by atoms with Gasteiger partial charge in [-0.25, -0.2) is 13.1 Å². The number of hydrogen-bond acceptors (Lipinski definition) is 3. The van der Waals surface area contributed by atoms with Crippen LogP contribution in [-0.2, 0) is 16.6 Å². The highest BCUT2D eigenvalue weighted by Gasteiger charge is 2.22. The summed E-state index contributed by atoms with van der Waals surface area (Å²) in [5.74, 6) is 0. The van der Waals surface area contributed by atoms with Gasteiger partial charge < -0.3 is 5.73 Å². The van der Waals surface area contributed by atoms with Crippen molar-refractivity contribution in [1.82, 2.24) is 4.72 Å². The van der Waals surface area contributed by atoms with Crippen molar-refractivity contribution < 1.29 is 8.42 Å². The Morgan fingerprint density at radius 3 is 2.24 bits per heavy atom. The van der Waals surface area contributed by atoms with E-state index in [1.54, 1.807) is 24.3 Å². The summed E-state index contributed by atoms with van der Waals surface area (Å²) in [4.78, 5) is -0.195. The summed E-state index contributed by atoms with van der Waals surface area (Å²) >= 11 is 17.6. The molecule has 0 aromatic heterocycles. The Morgan fingerprint density at radius 2 is 1.67 bits per heavy atom. The fourth-order valence-corrected chi connectivity index (χ4v) is 4.30. The molecule has 0 aliphatic heterocycles. The summed E-state index contributed by atoms with van der Waals surface area (Å²) in [5.41, 5.74) is 6.91. The Labute approximate surface area is 137 Å². The molecule has 0 unspecified atom stereocenters. The van der Waals surface area contributed by atoms with E-state index in [4.69, 9.17) is 40.5 Å². The van der Waals surface area contributed by atoms with Crippen molar-refractivity contribution in [3.63, 3.8) is 0 Å². The van der Waals surface area contributed by atoms with Crippen LogP contribution in [0.25, 0.3) is 0 Å². The lowest BCUT2D eigenvalue weighted by Gasteiger charge is -2.11. The molecule has 0 aliphatic rings. The minimum Gasteiger partial charge on any atom is -0.399 e. The first-order valence-electron chi connectivity index (χ1n) is 5.78. The second kappa shape index (κ2) is 6.42. The van der Waals surface area contributed by atoms with Crippen LogP contribution in [0.1, 0.15) is 5.56 Å². The monoisotopic (exact) mass is 364 g/mol. The van der Waals surface area contributed by atoms with Crippen LogP contribution in [0.2, 0.25) is 15.1 Å². The minimum absolute atomic E-state index is 0.0347. The van der Waals surface area contributed by atoms with Crippen LogP contribution in [0.3, 0.4) is 0 Å². The molecule has 0 heterocycles. The van der Waals surface area contributed by atoms with Gasteiger partial charge in [-0.2, -0.15) is 0 Å². The first-order valence-corrected chi connectivity index (χ1v) is 8.40. The Hall–Kier alpha value is -0.980. The van der Waals surface area contributed by atoms with Crippen LogP contribution in [0.4, 0.5) is 5.69 Å². The predicted molar refractivity (Wildman–Crippen MR) is 86.4 cm³/mol. The fraction of sp³-hybridized carbons (Fsp3) is 0.0769. The molecule has 0 spiro atoms. The van der Waals surface area contributed by atoms with Crippen molar-refractivity contribution in [2.75, 3.05) is 5.73 Å². The van der Waals surface area contributed by atoms with E-state index in [0.717, 1.165) is 5.56 Å². The van der Waals surface area contributed by atoms with E-state index >= 15 is 0 Å². The van der Waals surface area contributed by atoms with Crippen molar-refractivity contribution in [1.29, 1.82) is 0 Å². The predicted octanol–water partition coefficient (Wildman–Crippen LogP) is 3.71. The van der Waals surface area contributed by atoms with Crippen LogP contribution in [0, 0.1) is 0 Å². The van der Waals surface area contributed by atoms with E-state index in [2.05, 4.69) is 4.72 Å². The Balaban J connectivity index is 2.27. The number of benzene rings is 2. The topological polar surface area (TPSA) is 72.2 Å². The lowest BCUT2D eigenvalue weighted by Crippen LogP contribution is -2.24. The molecule has 2 aromatic carbocycles. The molecule has 2 rings (SSSR count). The fourth-order valence-electron chi connectivity index (χ4n) is 1.74. The molecular formula is C13H11Cl3N2O2S. The number of halogens is 3. The van der Waals surface area contributed by atoms with Gasteiger partial charge >= 0.3 is 0 Å². The normalized spacial score (nSPS) is 11.6. The van der Waals surface area contributed by atoms with Gasteiger partial charge in [0.25, 0.3) is 0 Å². The van der Waals surface area contributed by atoms with Gasteiger partial charge in [0.05, 0.1) is 10.0 Å². The van der Waals surface area contributed by atoms with E-state index in [-0.39, 0.29) is 26.5 Å². The van der Waals surface area contributed by atoms with E-state index in [1.165, 1.54) is 12.1 Å². The highest BCUT2D eigenvalue weighted by atomic mass is 35.5. The molecule has 0 fully saturated rings. The van der Waals surface area contributed by atoms with Crippen molar-refractivity contribution in [3.05, 3.63) is 57.0 Å². The van der Waals surface area contributed by atoms with Gasteiger partial charge in [-0.3, -0.25) is 0 Å². The molecule has 0 saturated carbocycles. The van der Waals surface area contributed by atoms with E-state index in [9.17, 15) is 8.42 Å². The summed E-state index contributed by atoms with van der Waals surface area (Å²) in [6, 6.07) is 9.53. The van der Waals surface area contributed by atoms with Gasteiger partial charge in [-0.05, 0) is 29.8 Å². The number of rotatable bonds is 4. The van der Waals surface area contributed by atoms with Gasteiger partial charge in [-0.1, -0.05) is 46.9 Å². The van der Waals surface area contributed by atoms with Crippen LogP contribution in [-0.4, -0.2) is 8.42 Å². The first kappa shape index (κ1) is 16.4. The first-order chi connectivity index (χ1) is 9.79. The van der Waals surface area contributed by atoms with Gasteiger partial charge in [-0.15, -0.1) is 0 Å². The van der Waals surface area contributed by atoms with Crippen molar-refractivity contribution in [2.45, 2.75) is 11.4 Å². The molecule has 8 heteroatoms. The van der Waals surface area contributed by atoms with Gasteiger partial charge in [0.15, 0.2) is 0 Å². The number of nitrogens with two attached hydrogens (primary N) is 1. The smallest absolute Gasteiger partial charge is 0.243 e. The number of anilines is 1. The van der Waals surface area contributed by atoms with Crippen LogP contribution in [0.5, 0.6) is 0 Å². The Morgan fingerprint density at radius 1 is 1.05 bits per heavy atom. The molecular weight excluding hydrogens is 355 g/mol. The second-order valence-electron chi connectivity index (χ2n) is 4.27. The number of hydrogen-bond donors (Lipinski definition) is 2. The Bertz CT molecular complexity index is 756. The molecule has 0 bridgehead atoms. The van der Waals surface area contributed by atoms with E-state index < -0.39 is 10.0 Å². The number of nitrogens with one attached hydrogen (secondary N) is 1. The number of sulfonamides is 1. The second-order valence-corrected chi connectivity index (χ2v) is 7.22. The van der Waals surface area contributed by atoms with Gasteiger partial charge in [0.1, 0.15) is 4.90 Å². The molecule has 112 valence electrons. The summed E-state index contributed by atoms with van der Waals surface area (Å²) in [5, 5.41) is 0.194. The summed E-state index contributed by atoms with van der Waals surface area (Å²) in [7, 11) is -3.86. The lowest BCUT2D eigenvalue weighted by atomic mass is 10.2. The summed E-state index contributed by atoms with van der Waals surface area (Å²) in [6.45, 7) is 0.0721. The third-order valence-corrected chi connectivity index (χ3v) is 5.19. The highest BCUT2D eigenvalue weighted by molar-refractivity contribution is 7.89. The van der Waals surface area contributed by atoms with Gasteiger partial charge in [0, 0.05) is 17.3 Å². The quantitative estimate of drug-likeness (QED) is 0.811. The Kier molecular flexibility index (Phi) is 5.01. The largest absolute Gasteiger partial charge is 0.399 e. The maximum atomic E-state index is 12.3. The molecule has 2 aromatic rings. The molecule has 0 atom stereocenters. The molecule has 21 heavy (non-hydrogen) atoms. The van der Waals surface area contributed by atoms with E-state index in [0.29, 0.717) is 5.69 Å². The standard InChI is InChI=1S/C13H11Cl3N2O2S/c14-9-5-11(15)13(12(16)6-9)21(19,20)18-7-8-2-1-3-10(17)4-8/h1-6,18H,7,17H2. The lowest BCUT2D eigenvalue weighted by molar-refractivity contribution is 0.581. The molecule has 0 saturated heterocycles. The average molecular weight is 366 g/mol. The maximum Gasteiger partial charge on any atom is 0.243 e. The van der Waals surface area contributed by atoms with Crippen molar-refractivity contribution in [2.24, 2.45) is 0 Å². The minimum atomic E-state index is -3.86. The van der Waals surface area contributed by atoms with Gasteiger partial charge in [0.2, 0.25) is 10.0 Å². The third-order valence-electron chi connectivity index (χ3n) is 2.65. The molecule has 0 aliphatic carbocycles. The average Bonchev–Trinajstić information content (AvgIpc) is 2.35. The molecule has 0 amide bonds.